The molecule has 0 aromatic carbocycles. The molecule has 0 amide bonds. The van der Waals surface area contributed by atoms with Gasteiger partial charge in [-0.05, 0) is 64.7 Å². The minimum atomic E-state index is -0.192. The number of likely N-dealkylation sites (tertiary alicyclic amines) is 2. The molecule has 3 aliphatic rings. The number of aliphatic hydroxyl groups excluding tert-OH is 1. The van der Waals surface area contributed by atoms with Gasteiger partial charge in [-0.25, -0.2) is 0 Å². The van der Waals surface area contributed by atoms with E-state index in [4.69, 9.17) is 0 Å². The van der Waals surface area contributed by atoms with Crippen LogP contribution in [-0.2, 0) is 0 Å². The molecule has 20 heavy (non-hydrogen) atoms. The first-order valence-corrected chi connectivity index (χ1v) is 8.69. The van der Waals surface area contributed by atoms with Gasteiger partial charge in [0.2, 0.25) is 0 Å². The van der Waals surface area contributed by atoms with Crippen molar-refractivity contribution in [2.75, 3.05) is 39.3 Å². The minimum Gasteiger partial charge on any atom is -0.390 e. The number of rotatable bonds is 6. The average Bonchev–Trinajstić information content (AvgIpc) is 3.31. The van der Waals surface area contributed by atoms with E-state index >= 15 is 0 Å². The van der Waals surface area contributed by atoms with Crippen LogP contribution in [0.3, 0.4) is 0 Å². The fraction of sp³-hybridized carbons (Fsp3) is 1.00. The quantitative estimate of drug-likeness (QED) is 0.763. The van der Waals surface area contributed by atoms with Crippen molar-refractivity contribution < 1.29 is 5.11 Å². The highest BCUT2D eigenvalue weighted by molar-refractivity contribution is 4.84. The molecule has 2 aliphatic heterocycles. The number of β-amino-alcohol motifs (C(OH)–C–C–N with tert-alkyl or cyclic N) is 1. The Labute approximate surface area is 123 Å². The highest BCUT2D eigenvalue weighted by atomic mass is 16.3. The van der Waals surface area contributed by atoms with Crippen molar-refractivity contribution in [3.05, 3.63) is 0 Å². The molecule has 0 aromatic rings. The number of hydrogen-bond donors (Lipinski definition) is 2. The van der Waals surface area contributed by atoms with Gasteiger partial charge in [0.25, 0.3) is 0 Å². The van der Waals surface area contributed by atoms with Gasteiger partial charge in [0, 0.05) is 25.2 Å². The molecule has 0 bridgehead atoms. The van der Waals surface area contributed by atoms with E-state index in [1.54, 1.807) is 0 Å². The van der Waals surface area contributed by atoms with Crippen LogP contribution in [0.25, 0.3) is 0 Å². The summed E-state index contributed by atoms with van der Waals surface area (Å²) in [7, 11) is 0. The average molecular weight is 281 g/mol. The third kappa shape index (κ3) is 4.42. The van der Waals surface area contributed by atoms with Crippen LogP contribution in [0.4, 0.5) is 0 Å². The number of nitrogens with one attached hydrogen (secondary N) is 1. The lowest BCUT2D eigenvalue weighted by molar-refractivity contribution is 0.0602. The summed E-state index contributed by atoms with van der Waals surface area (Å²) in [5.41, 5.74) is 0. The molecule has 116 valence electrons. The molecule has 1 atom stereocenters. The second-order valence-corrected chi connectivity index (χ2v) is 6.96. The normalized spacial score (nSPS) is 28.6. The summed E-state index contributed by atoms with van der Waals surface area (Å²) in [6.45, 7) is 6.60. The SMILES string of the molecule is OC(CNC1CC1)CN1CCC(N2CCCCC2)CC1. The lowest BCUT2D eigenvalue weighted by Crippen LogP contribution is -2.49. The largest absolute Gasteiger partial charge is 0.390 e. The Morgan fingerprint density at radius 3 is 2.30 bits per heavy atom. The lowest BCUT2D eigenvalue weighted by atomic mass is 9.99. The molecule has 0 spiro atoms. The third-order valence-electron chi connectivity index (χ3n) is 5.15. The highest BCUT2D eigenvalue weighted by Gasteiger charge is 2.27. The molecular formula is C16H31N3O. The van der Waals surface area contributed by atoms with Crippen LogP contribution in [0.1, 0.15) is 44.9 Å². The predicted molar refractivity (Wildman–Crippen MR) is 81.9 cm³/mol. The van der Waals surface area contributed by atoms with Gasteiger partial charge in [0.15, 0.2) is 0 Å². The molecule has 0 aromatic heterocycles. The second kappa shape index (κ2) is 7.21. The maximum absolute atomic E-state index is 10.1. The van der Waals surface area contributed by atoms with Gasteiger partial charge in [-0.1, -0.05) is 6.42 Å². The maximum Gasteiger partial charge on any atom is 0.0791 e. The number of nitrogens with zero attached hydrogens (tertiary/aromatic N) is 2. The van der Waals surface area contributed by atoms with Gasteiger partial charge >= 0.3 is 0 Å². The van der Waals surface area contributed by atoms with E-state index in [1.807, 2.05) is 0 Å². The van der Waals surface area contributed by atoms with Crippen molar-refractivity contribution in [2.24, 2.45) is 0 Å². The standard InChI is InChI=1S/C16H31N3O/c20-16(12-17-14-4-5-14)13-18-10-6-15(7-11-18)19-8-2-1-3-9-19/h14-17,20H,1-13H2. The third-order valence-corrected chi connectivity index (χ3v) is 5.15. The van der Waals surface area contributed by atoms with Crippen molar-refractivity contribution >= 4 is 0 Å². The zero-order valence-electron chi connectivity index (χ0n) is 12.8. The lowest BCUT2D eigenvalue weighted by Gasteiger charge is -2.40. The number of aliphatic hydroxyl groups is 1. The Kier molecular flexibility index (Phi) is 5.32. The Bertz CT molecular complexity index is 281. The molecule has 0 radical (unpaired) electrons. The first kappa shape index (κ1) is 14.8. The van der Waals surface area contributed by atoms with Gasteiger partial charge in [-0.2, -0.15) is 0 Å². The zero-order valence-corrected chi connectivity index (χ0v) is 12.8. The fourth-order valence-electron chi connectivity index (χ4n) is 3.70. The zero-order chi connectivity index (χ0) is 13.8. The van der Waals surface area contributed by atoms with Gasteiger partial charge in [-0.3, -0.25) is 0 Å². The first-order valence-electron chi connectivity index (χ1n) is 8.69. The van der Waals surface area contributed by atoms with E-state index in [-0.39, 0.29) is 6.10 Å². The topological polar surface area (TPSA) is 38.7 Å². The van der Waals surface area contributed by atoms with E-state index in [2.05, 4.69) is 15.1 Å². The van der Waals surface area contributed by atoms with E-state index < -0.39 is 0 Å². The van der Waals surface area contributed by atoms with E-state index in [0.717, 1.165) is 19.1 Å². The molecule has 2 N–H and O–H groups in total. The van der Waals surface area contributed by atoms with Crippen molar-refractivity contribution in [3.8, 4) is 0 Å². The Morgan fingerprint density at radius 2 is 1.65 bits per heavy atom. The minimum absolute atomic E-state index is 0.192. The van der Waals surface area contributed by atoms with Crippen molar-refractivity contribution in [2.45, 2.75) is 63.1 Å². The van der Waals surface area contributed by atoms with Crippen LogP contribution in [-0.4, -0.2) is 72.4 Å². The van der Waals surface area contributed by atoms with Gasteiger partial charge in [0.05, 0.1) is 6.10 Å². The van der Waals surface area contributed by atoms with Crippen LogP contribution in [0.15, 0.2) is 0 Å². The summed E-state index contributed by atoms with van der Waals surface area (Å²) >= 11 is 0. The Hall–Kier alpha value is -0.160. The summed E-state index contributed by atoms with van der Waals surface area (Å²) in [5.74, 6) is 0. The molecule has 2 heterocycles. The summed E-state index contributed by atoms with van der Waals surface area (Å²) < 4.78 is 0. The van der Waals surface area contributed by atoms with Crippen molar-refractivity contribution in [3.63, 3.8) is 0 Å². The molecule has 1 aliphatic carbocycles. The molecule has 1 saturated carbocycles. The van der Waals surface area contributed by atoms with Gasteiger partial charge in [-0.15, -0.1) is 0 Å². The van der Waals surface area contributed by atoms with Crippen molar-refractivity contribution in [1.82, 2.24) is 15.1 Å². The summed E-state index contributed by atoms with van der Waals surface area (Å²) in [6.07, 6.45) is 9.21. The van der Waals surface area contributed by atoms with Crippen LogP contribution in [0.5, 0.6) is 0 Å². The van der Waals surface area contributed by atoms with Crippen LogP contribution >= 0.6 is 0 Å². The van der Waals surface area contributed by atoms with Crippen LogP contribution < -0.4 is 5.32 Å². The second-order valence-electron chi connectivity index (χ2n) is 6.96. The molecule has 2 saturated heterocycles. The maximum atomic E-state index is 10.1. The molecule has 1 unspecified atom stereocenters. The number of piperidine rings is 2. The van der Waals surface area contributed by atoms with E-state index in [9.17, 15) is 5.11 Å². The summed E-state index contributed by atoms with van der Waals surface area (Å²) in [4.78, 5) is 5.17. The van der Waals surface area contributed by atoms with Gasteiger partial charge < -0.3 is 20.2 Å². The molecule has 4 heteroatoms. The summed E-state index contributed by atoms with van der Waals surface area (Å²) in [6, 6.07) is 1.52. The monoisotopic (exact) mass is 281 g/mol. The molecule has 4 nitrogen and oxygen atoms in total. The summed E-state index contributed by atoms with van der Waals surface area (Å²) in [5, 5.41) is 13.5. The first-order chi connectivity index (χ1) is 9.81. The van der Waals surface area contributed by atoms with E-state index in [0.29, 0.717) is 6.04 Å². The molecule has 3 rings (SSSR count). The van der Waals surface area contributed by atoms with Crippen molar-refractivity contribution in [1.29, 1.82) is 0 Å². The fourth-order valence-corrected chi connectivity index (χ4v) is 3.70. The van der Waals surface area contributed by atoms with Gasteiger partial charge in [0.1, 0.15) is 0 Å². The smallest absolute Gasteiger partial charge is 0.0791 e. The predicted octanol–water partition coefficient (Wildman–Crippen LogP) is 1.05. The Balaban J connectivity index is 1.32. The molecular weight excluding hydrogens is 250 g/mol. The molecule has 3 fully saturated rings. The van der Waals surface area contributed by atoms with Crippen LogP contribution in [0.2, 0.25) is 0 Å². The Morgan fingerprint density at radius 1 is 0.950 bits per heavy atom. The number of hydrogen-bond acceptors (Lipinski definition) is 4. The van der Waals surface area contributed by atoms with E-state index in [1.165, 1.54) is 71.1 Å². The van der Waals surface area contributed by atoms with Crippen LogP contribution in [0, 0.1) is 0 Å². The highest BCUT2D eigenvalue weighted by Crippen LogP contribution is 2.21.